The van der Waals surface area contributed by atoms with Crippen molar-refractivity contribution >= 4 is 41.3 Å². The summed E-state index contributed by atoms with van der Waals surface area (Å²) in [7, 11) is 1.22. The van der Waals surface area contributed by atoms with Crippen LogP contribution in [0.15, 0.2) is 48.5 Å². The van der Waals surface area contributed by atoms with Gasteiger partial charge >= 0.3 is 12.0 Å². The van der Waals surface area contributed by atoms with Gasteiger partial charge in [-0.3, -0.25) is 10.1 Å². The number of carbonyl (C=O) groups is 3. The van der Waals surface area contributed by atoms with Crippen LogP contribution in [0.4, 0.5) is 19.3 Å². The third-order valence-electron chi connectivity index (χ3n) is 5.30. The van der Waals surface area contributed by atoms with E-state index in [1.54, 1.807) is 13.0 Å². The maximum atomic E-state index is 13.9. The number of ether oxygens (including phenoxy) is 2. The van der Waals surface area contributed by atoms with E-state index in [-0.39, 0.29) is 16.5 Å². The zero-order chi connectivity index (χ0) is 27.3. The first-order chi connectivity index (χ1) is 17.5. The molecule has 3 aromatic carbocycles. The average molecular weight is 529 g/mol. The summed E-state index contributed by atoms with van der Waals surface area (Å²) in [6.07, 6.45) is 2.53. The van der Waals surface area contributed by atoms with Gasteiger partial charge in [-0.1, -0.05) is 35.4 Å². The number of esters is 1. The molecule has 0 radical (unpaired) electrons. The Kier molecular flexibility index (Phi) is 8.62. The molecule has 2 N–H and O–H groups in total. The molecule has 0 saturated heterocycles. The van der Waals surface area contributed by atoms with Crippen molar-refractivity contribution in [3.8, 4) is 11.5 Å². The van der Waals surface area contributed by atoms with Crippen LogP contribution in [0, 0.1) is 32.4 Å². The molecule has 0 bridgehead atoms. The van der Waals surface area contributed by atoms with Crippen molar-refractivity contribution in [3.63, 3.8) is 0 Å². The van der Waals surface area contributed by atoms with Crippen LogP contribution in [0.25, 0.3) is 6.08 Å². The van der Waals surface area contributed by atoms with Gasteiger partial charge in [0.15, 0.2) is 5.75 Å². The molecule has 0 atom stereocenters. The van der Waals surface area contributed by atoms with Crippen LogP contribution >= 0.6 is 11.6 Å². The van der Waals surface area contributed by atoms with Crippen LogP contribution in [-0.4, -0.2) is 25.0 Å². The fourth-order valence-electron chi connectivity index (χ4n) is 3.39. The van der Waals surface area contributed by atoms with Crippen molar-refractivity contribution in [2.75, 3.05) is 12.4 Å². The fraction of sp³-hybridized carbons (Fsp3) is 0.148. The van der Waals surface area contributed by atoms with E-state index in [9.17, 15) is 23.2 Å². The highest BCUT2D eigenvalue weighted by atomic mass is 35.5. The maximum absolute atomic E-state index is 13.9. The van der Waals surface area contributed by atoms with Gasteiger partial charge in [-0.05, 0) is 62.2 Å². The Hall–Kier alpha value is -4.24. The molecule has 37 heavy (non-hydrogen) atoms. The fourth-order valence-corrected chi connectivity index (χ4v) is 3.63. The Morgan fingerprint density at radius 2 is 1.68 bits per heavy atom. The molecule has 3 amide bonds. The highest BCUT2D eigenvalue weighted by Crippen LogP contribution is 2.41. The van der Waals surface area contributed by atoms with Crippen LogP contribution in [-0.2, 0) is 9.53 Å². The minimum atomic E-state index is -1.27. The summed E-state index contributed by atoms with van der Waals surface area (Å²) in [5.74, 6) is -3.41. The van der Waals surface area contributed by atoms with E-state index < -0.39 is 35.1 Å². The number of nitrogens with one attached hydrogen (secondary N) is 2. The Balaban J connectivity index is 1.95. The zero-order valence-electron chi connectivity index (χ0n) is 20.4. The van der Waals surface area contributed by atoms with Crippen molar-refractivity contribution in [3.05, 3.63) is 93.0 Å². The lowest BCUT2D eigenvalue weighted by Gasteiger charge is -2.18. The van der Waals surface area contributed by atoms with Crippen molar-refractivity contribution in [2.45, 2.75) is 20.8 Å². The molecule has 0 spiro atoms. The third kappa shape index (κ3) is 6.50. The van der Waals surface area contributed by atoms with E-state index in [1.165, 1.54) is 19.3 Å². The summed E-state index contributed by atoms with van der Waals surface area (Å²) in [6, 6.07) is 8.86. The van der Waals surface area contributed by atoms with Gasteiger partial charge in [-0.15, -0.1) is 0 Å². The van der Waals surface area contributed by atoms with Crippen molar-refractivity contribution < 1.29 is 32.6 Å². The molecule has 192 valence electrons. The summed E-state index contributed by atoms with van der Waals surface area (Å²) in [5.41, 5.74) is 1.82. The quantitative estimate of drug-likeness (QED) is 0.282. The molecule has 0 unspecified atom stereocenters. The van der Waals surface area contributed by atoms with E-state index in [0.29, 0.717) is 16.9 Å². The molecule has 0 fully saturated rings. The molecule has 3 rings (SSSR count). The number of amides is 3. The SMILES string of the molecule is COC(=O)C=Cc1cc(NC(=O)NC(=O)c2c(F)cccc2F)c(C)c(Cl)c1Oc1ccc(C)cc1C. The van der Waals surface area contributed by atoms with E-state index in [4.69, 9.17) is 16.3 Å². The number of methoxy groups -OCH3 is 1. The standard InChI is InChI=1S/C27H23ClF2N2O5/c1-14-8-10-21(15(2)12-14)37-25-17(9-11-22(33)36-4)13-20(16(3)24(25)28)31-27(35)32-26(34)23-18(29)6-5-7-19(23)30/h5-13H,1-4H3,(H2,31,32,34,35). The lowest BCUT2D eigenvalue weighted by atomic mass is 10.1. The van der Waals surface area contributed by atoms with E-state index in [0.717, 1.165) is 35.4 Å². The summed E-state index contributed by atoms with van der Waals surface area (Å²) in [6.45, 7) is 5.40. The predicted octanol–water partition coefficient (Wildman–Crippen LogP) is 6.48. The Morgan fingerprint density at radius 3 is 2.30 bits per heavy atom. The summed E-state index contributed by atoms with van der Waals surface area (Å²) in [5, 5.41) is 4.44. The lowest BCUT2D eigenvalue weighted by Crippen LogP contribution is -2.35. The normalized spacial score (nSPS) is 10.8. The van der Waals surface area contributed by atoms with Gasteiger partial charge in [0.05, 0.1) is 12.1 Å². The molecule has 0 aliphatic heterocycles. The number of imide groups is 1. The zero-order valence-corrected chi connectivity index (χ0v) is 21.1. The minimum Gasteiger partial charge on any atom is -0.466 e. The second kappa shape index (κ2) is 11.7. The van der Waals surface area contributed by atoms with Crippen LogP contribution in [0.2, 0.25) is 5.02 Å². The van der Waals surface area contributed by atoms with Crippen molar-refractivity contribution in [2.24, 2.45) is 0 Å². The van der Waals surface area contributed by atoms with E-state index in [2.05, 4.69) is 10.1 Å². The first-order valence-corrected chi connectivity index (χ1v) is 11.3. The Bertz CT molecular complexity index is 1400. The number of rotatable bonds is 6. The highest BCUT2D eigenvalue weighted by Gasteiger charge is 2.21. The molecule has 0 heterocycles. The summed E-state index contributed by atoms with van der Waals surface area (Å²) >= 11 is 6.60. The second-order valence-corrected chi connectivity index (χ2v) is 8.39. The topological polar surface area (TPSA) is 93.7 Å². The van der Waals surface area contributed by atoms with Gasteiger partial charge in [0.1, 0.15) is 22.9 Å². The highest BCUT2D eigenvalue weighted by molar-refractivity contribution is 6.33. The van der Waals surface area contributed by atoms with Crippen LogP contribution in [0.3, 0.4) is 0 Å². The van der Waals surface area contributed by atoms with E-state index in [1.807, 2.05) is 31.3 Å². The Morgan fingerprint density at radius 1 is 1.00 bits per heavy atom. The average Bonchev–Trinajstić information content (AvgIpc) is 2.83. The van der Waals surface area contributed by atoms with Crippen molar-refractivity contribution in [1.29, 1.82) is 0 Å². The van der Waals surface area contributed by atoms with E-state index >= 15 is 0 Å². The number of benzene rings is 3. The number of hydrogen-bond acceptors (Lipinski definition) is 5. The van der Waals surface area contributed by atoms with Crippen LogP contribution in [0.1, 0.15) is 32.6 Å². The molecular weight excluding hydrogens is 506 g/mol. The molecule has 0 aliphatic rings. The monoisotopic (exact) mass is 528 g/mol. The van der Waals surface area contributed by atoms with Gasteiger partial charge < -0.3 is 14.8 Å². The van der Waals surface area contributed by atoms with Crippen molar-refractivity contribution in [1.82, 2.24) is 5.32 Å². The molecule has 10 heteroatoms. The number of halogens is 3. The summed E-state index contributed by atoms with van der Waals surface area (Å²) < 4.78 is 38.5. The number of hydrogen-bond donors (Lipinski definition) is 2. The largest absolute Gasteiger partial charge is 0.466 e. The Labute approximate surface area is 217 Å². The van der Waals surface area contributed by atoms with Crippen LogP contribution in [0.5, 0.6) is 11.5 Å². The molecule has 0 saturated carbocycles. The molecule has 0 aliphatic carbocycles. The molecule has 3 aromatic rings. The number of urea groups is 1. The second-order valence-electron chi connectivity index (χ2n) is 8.01. The number of aryl methyl sites for hydroxylation is 2. The first-order valence-electron chi connectivity index (χ1n) is 10.9. The minimum absolute atomic E-state index is 0.119. The van der Waals surface area contributed by atoms with Gasteiger partial charge in [0.2, 0.25) is 0 Å². The summed E-state index contributed by atoms with van der Waals surface area (Å²) in [4.78, 5) is 36.5. The molecule has 0 aromatic heterocycles. The predicted molar refractivity (Wildman–Crippen MR) is 136 cm³/mol. The van der Waals surface area contributed by atoms with Gasteiger partial charge in [0, 0.05) is 17.3 Å². The molecular formula is C27H23ClF2N2O5. The maximum Gasteiger partial charge on any atom is 0.330 e. The number of carbonyl (C=O) groups excluding carboxylic acids is 3. The van der Waals surface area contributed by atoms with Crippen LogP contribution < -0.4 is 15.4 Å². The third-order valence-corrected chi connectivity index (χ3v) is 5.76. The number of anilines is 1. The molecule has 7 nitrogen and oxygen atoms in total. The first kappa shape index (κ1) is 27.3. The van der Waals surface area contributed by atoms with Gasteiger partial charge in [-0.25, -0.2) is 18.4 Å². The smallest absolute Gasteiger partial charge is 0.330 e. The lowest BCUT2D eigenvalue weighted by molar-refractivity contribution is -0.134. The van der Waals surface area contributed by atoms with Gasteiger partial charge in [0.25, 0.3) is 5.91 Å². The van der Waals surface area contributed by atoms with Gasteiger partial charge in [-0.2, -0.15) is 0 Å².